The van der Waals surface area contributed by atoms with Gasteiger partial charge in [0.25, 0.3) is 5.91 Å². The lowest BCUT2D eigenvalue weighted by Crippen LogP contribution is -2.30. The van der Waals surface area contributed by atoms with E-state index in [9.17, 15) is 4.79 Å². The number of amides is 1. The molecule has 5 heteroatoms. The van der Waals surface area contributed by atoms with E-state index in [1.54, 1.807) is 6.20 Å². The van der Waals surface area contributed by atoms with E-state index in [0.29, 0.717) is 5.69 Å². The van der Waals surface area contributed by atoms with Crippen molar-refractivity contribution in [1.82, 2.24) is 9.88 Å². The van der Waals surface area contributed by atoms with Gasteiger partial charge in [-0.1, -0.05) is 28.1 Å². The lowest BCUT2D eigenvalue weighted by molar-refractivity contribution is 0.0730. The van der Waals surface area contributed by atoms with E-state index < -0.39 is 0 Å². The first-order valence-corrected chi connectivity index (χ1v) is 8.14. The van der Waals surface area contributed by atoms with E-state index in [2.05, 4.69) is 49.0 Å². The number of hydrogen-bond acceptors (Lipinski definition) is 1. The maximum absolute atomic E-state index is 12.6. The summed E-state index contributed by atoms with van der Waals surface area (Å²) in [7, 11) is 0. The molecule has 3 nitrogen and oxygen atoms in total. The summed E-state index contributed by atoms with van der Waals surface area (Å²) in [5.41, 5.74) is 1.83. The standard InChI is InChI=1S/C15H14Br2N2O/c16-11-4-1-3-10(7-11)14-5-2-6-19(14)15(20)13-8-12(17)9-18-13/h1,3-4,7-9,14,18H,2,5-6H2. The average molecular weight is 398 g/mol. The van der Waals surface area contributed by atoms with Gasteiger partial charge in [0.15, 0.2) is 0 Å². The fourth-order valence-corrected chi connectivity index (χ4v) is 3.48. The van der Waals surface area contributed by atoms with Gasteiger partial charge in [-0.15, -0.1) is 0 Å². The van der Waals surface area contributed by atoms with Crippen molar-refractivity contribution in [3.63, 3.8) is 0 Å². The molecular formula is C15H14Br2N2O. The highest BCUT2D eigenvalue weighted by atomic mass is 79.9. The summed E-state index contributed by atoms with van der Waals surface area (Å²) in [4.78, 5) is 17.6. The number of carbonyl (C=O) groups excluding carboxylic acids is 1. The zero-order valence-electron chi connectivity index (χ0n) is 10.8. The molecule has 1 saturated heterocycles. The normalized spacial score (nSPS) is 18.5. The number of H-pyrrole nitrogens is 1. The minimum atomic E-state index is 0.0678. The highest BCUT2D eigenvalue weighted by Crippen LogP contribution is 2.34. The number of aromatic nitrogens is 1. The summed E-state index contributed by atoms with van der Waals surface area (Å²) in [6, 6.07) is 10.2. The number of nitrogens with one attached hydrogen (secondary N) is 1. The van der Waals surface area contributed by atoms with Gasteiger partial charge in [0.2, 0.25) is 0 Å². The molecule has 0 spiro atoms. The van der Waals surface area contributed by atoms with Crippen molar-refractivity contribution in [1.29, 1.82) is 0 Å². The second-order valence-corrected chi connectivity index (χ2v) is 6.77. The molecular weight excluding hydrogens is 384 g/mol. The number of hydrogen-bond donors (Lipinski definition) is 1. The van der Waals surface area contributed by atoms with Gasteiger partial charge in [0.05, 0.1) is 6.04 Å². The second kappa shape index (κ2) is 5.74. The molecule has 0 saturated carbocycles. The van der Waals surface area contributed by atoms with Crippen LogP contribution < -0.4 is 0 Å². The fourth-order valence-electron chi connectivity index (χ4n) is 2.72. The quantitative estimate of drug-likeness (QED) is 0.794. The Morgan fingerprint density at radius 1 is 1.25 bits per heavy atom. The first kappa shape index (κ1) is 13.9. The van der Waals surface area contributed by atoms with Crippen molar-refractivity contribution >= 4 is 37.8 Å². The van der Waals surface area contributed by atoms with Crippen LogP contribution in [-0.4, -0.2) is 22.3 Å². The Labute approximate surface area is 134 Å². The van der Waals surface area contributed by atoms with E-state index in [4.69, 9.17) is 0 Å². The van der Waals surface area contributed by atoms with Gasteiger partial charge >= 0.3 is 0 Å². The van der Waals surface area contributed by atoms with Gasteiger partial charge in [0.1, 0.15) is 5.69 Å². The molecule has 20 heavy (non-hydrogen) atoms. The minimum absolute atomic E-state index is 0.0678. The summed E-state index contributed by atoms with van der Waals surface area (Å²) >= 11 is 6.87. The lowest BCUT2D eigenvalue weighted by Gasteiger charge is -2.24. The molecule has 1 amide bonds. The minimum Gasteiger partial charge on any atom is -0.356 e. The van der Waals surface area contributed by atoms with Crippen LogP contribution in [-0.2, 0) is 0 Å². The van der Waals surface area contributed by atoms with Gasteiger partial charge in [0, 0.05) is 21.7 Å². The molecule has 104 valence electrons. The molecule has 3 rings (SSSR count). The van der Waals surface area contributed by atoms with Gasteiger partial charge in [-0.25, -0.2) is 0 Å². The Balaban J connectivity index is 1.87. The topological polar surface area (TPSA) is 36.1 Å². The predicted molar refractivity (Wildman–Crippen MR) is 85.6 cm³/mol. The van der Waals surface area contributed by atoms with E-state index in [-0.39, 0.29) is 11.9 Å². The summed E-state index contributed by atoms with van der Waals surface area (Å²) in [5.74, 6) is 0.0678. The number of carbonyl (C=O) groups is 1. The Morgan fingerprint density at radius 3 is 2.80 bits per heavy atom. The molecule has 1 aliphatic heterocycles. The van der Waals surface area contributed by atoms with Gasteiger partial charge in [-0.2, -0.15) is 0 Å². The maximum atomic E-state index is 12.6. The van der Waals surface area contributed by atoms with Crippen LogP contribution in [0.3, 0.4) is 0 Å². The van der Waals surface area contributed by atoms with Crippen molar-refractivity contribution < 1.29 is 4.79 Å². The Hall–Kier alpha value is -1.07. The molecule has 1 N–H and O–H groups in total. The monoisotopic (exact) mass is 396 g/mol. The molecule has 1 aromatic carbocycles. The number of rotatable bonds is 2. The number of benzene rings is 1. The Morgan fingerprint density at radius 2 is 2.10 bits per heavy atom. The summed E-state index contributed by atoms with van der Waals surface area (Å²) < 4.78 is 1.95. The molecule has 1 aromatic heterocycles. The molecule has 1 atom stereocenters. The van der Waals surface area contributed by atoms with E-state index in [0.717, 1.165) is 28.3 Å². The highest BCUT2D eigenvalue weighted by molar-refractivity contribution is 9.10. The van der Waals surface area contributed by atoms with Crippen LogP contribution in [0.1, 0.15) is 34.9 Å². The van der Waals surface area contributed by atoms with Crippen molar-refractivity contribution in [3.8, 4) is 0 Å². The molecule has 1 unspecified atom stereocenters. The molecule has 2 aromatic rings. The van der Waals surface area contributed by atoms with Crippen LogP contribution in [0.2, 0.25) is 0 Å². The Kier molecular flexibility index (Phi) is 3.98. The maximum Gasteiger partial charge on any atom is 0.270 e. The smallest absolute Gasteiger partial charge is 0.270 e. The van der Waals surface area contributed by atoms with Crippen LogP contribution in [0.15, 0.2) is 45.5 Å². The third-order valence-electron chi connectivity index (χ3n) is 3.63. The Bertz CT molecular complexity index is 638. The molecule has 2 heterocycles. The summed E-state index contributed by atoms with van der Waals surface area (Å²) in [5, 5.41) is 0. The highest BCUT2D eigenvalue weighted by Gasteiger charge is 2.31. The first-order chi connectivity index (χ1) is 9.65. The molecule has 0 bridgehead atoms. The number of likely N-dealkylation sites (tertiary alicyclic amines) is 1. The molecule has 1 aliphatic rings. The van der Waals surface area contributed by atoms with Crippen molar-refractivity contribution in [2.45, 2.75) is 18.9 Å². The van der Waals surface area contributed by atoms with Gasteiger partial charge < -0.3 is 9.88 Å². The summed E-state index contributed by atoms with van der Waals surface area (Å²) in [6.07, 6.45) is 3.85. The van der Waals surface area contributed by atoms with Crippen LogP contribution >= 0.6 is 31.9 Å². The second-order valence-electron chi connectivity index (χ2n) is 4.94. The zero-order chi connectivity index (χ0) is 14.1. The third kappa shape index (κ3) is 2.69. The molecule has 0 radical (unpaired) electrons. The van der Waals surface area contributed by atoms with E-state index in [1.165, 1.54) is 5.56 Å². The fraction of sp³-hybridized carbons (Fsp3) is 0.267. The van der Waals surface area contributed by atoms with Crippen molar-refractivity contribution in [2.75, 3.05) is 6.54 Å². The molecule has 0 aliphatic carbocycles. The largest absolute Gasteiger partial charge is 0.356 e. The first-order valence-electron chi connectivity index (χ1n) is 6.55. The van der Waals surface area contributed by atoms with Gasteiger partial charge in [-0.05, 0) is 52.5 Å². The van der Waals surface area contributed by atoms with Gasteiger partial charge in [-0.3, -0.25) is 4.79 Å². The number of nitrogens with zero attached hydrogens (tertiary/aromatic N) is 1. The lowest BCUT2D eigenvalue weighted by atomic mass is 10.0. The van der Waals surface area contributed by atoms with Crippen LogP contribution in [0.25, 0.3) is 0 Å². The van der Waals surface area contributed by atoms with E-state index >= 15 is 0 Å². The average Bonchev–Trinajstić information content (AvgIpc) is 3.06. The van der Waals surface area contributed by atoms with Crippen molar-refractivity contribution in [3.05, 3.63) is 56.7 Å². The zero-order valence-corrected chi connectivity index (χ0v) is 13.9. The molecule has 1 fully saturated rings. The van der Waals surface area contributed by atoms with Crippen LogP contribution in [0, 0.1) is 0 Å². The van der Waals surface area contributed by atoms with Crippen LogP contribution in [0.5, 0.6) is 0 Å². The third-order valence-corrected chi connectivity index (χ3v) is 4.58. The van der Waals surface area contributed by atoms with Crippen molar-refractivity contribution in [2.24, 2.45) is 0 Å². The predicted octanol–water partition coefficient (Wildman–Crippen LogP) is 4.52. The summed E-state index contributed by atoms with van der Waals surface area (Å²) in [6.45, 7) is 0.812. The SMILES string of the molecule is O=C(c1cc(Br)c[nH]1)N1CCCC1c1cccc(Br)c1. The number of halogens is 2. The van der Waals surface area contributed by atoms with Crippen LogP contribution in [0.4, 0.5) is 0 Å². The van der Waals surface area contributed by atoms with E-state index in [1.807, 2.05) is 23.1 Å². The number of aromatic amines is 1.